The summed E-state index contributed by atoms with van der Waals surface area (Å²) in [7, 11) is 1.65. The van der Waals surface area contributed by atoms with E-state index in [0.717, 1.165) is 32.6 Å². The highest BCUT2D eigenvalue weighted by Crippen LogP contribution is 2.23. The van der Waals surface area contributed by atoms with Crippen LogP contribution in [-0.4, -0.2) is 18.0 Å². The second kappa shape index (κ2) is 8.11. The Morgan fingerprint density at radius 3 is 2.74 bits per heavy atom. The fraction of sp³-hybridized carbons (Fsp3) is 0.333. The van der Waals surface area contributed by atoms with Gasteiger partial charge in [-0.2, -0.15) is 0 Å². The van der Waals surface area contributed by atoms with Crippen molar-refractivity contribution in [2.75, 3.05) is 7.11 Å². The minimum absolute atomic E-state index is 0.0153. The number of pyridine rings is 1. The van der Waals surface area contributed by atoms with E-state index in [1.54, 1.807) is 13.3 Å². The van der Waals surface area contributed by atoms with Crippen LogP contribution >= 0.6 is 15.9 Å². The molecule has 0 spiro atoms. The van der Waals surface area contributed by atoms with E-state index in [-0.39, 0.29) is 5.91 Å². The van der Waals surface area contributed by atoms with E-state index in [1.807, 2.05) is 38.1 Å². The molecule has 2 aromatic rings. The van der Waals surface area contributed by atoms with Crippen molar-refractivity contribution in [3.05, 3.63) is 57.3 Å². The fourth-order valence-corrected chi connectivity index (χ4v) is 2.95. The quantitative estimate of drug-likeness (QED) is 0.835. The van der Waals surface area contributed by atoms with Gasteiger partial charge in [-0.05, 0) is 31.9 Å². The highest BCUT2D eigenvalue weighted by Gasteiger charge is 2.11. The molecule has 0 aliphatic carbocycles. The summed E-state index contributed by atoms with van der Waals surface area (Å²) < 4.78 is 6.42. The molecular weight excluding hydrogens is 356 g/mol. The molecule has 5 heteroatoms. The van der Waals surface area contributed by atoms with E-state index in [4.69, 9.17) is 4.74 Å². The van der Waals surface area contributed by atoms with Gasteiger partial charge in [0.05, 0.1) is 19.3 Å². The molecule has 0 radical (unpaired) electrons. The zero-order valence-corrected chi connectivity index (χ0v) is 15.2. The number of nitrogens with one attached hydrogen (secondary N) is 1. The average molecular weight is 377 g/mol. The Kier molecular flexibility index (Phi) is 6.16. The first kappa shape index (κ1) is 17.5. The van der Waals surface area contributed by atoms with Gasteiger partial charge in [0.2, 0.25) is 5.91 Å². The Bertz CT molecular complexity index is 701. The summed E-state index contributed by atoms with van der Waals surface area (Å²) in [6, 6.07) is 7.95. The van der Waals surface area contributed by atoms with Crippen molar-refractivity contribution in [3.8, 4) is 5.75 Å². The molecule has 23 heavy (non-hydrogen) atoms. The van der Waals surface area contributed by atoms with E-state index in [0.29, 0.717) is 19.4 Å². The molecule has 0 aliphatic rings. The lowest BCUT2D eigenvalue weighted by atomic mass is 10.1. The maximum absolute atomic E-state index is 12.0. The smallest absolute Gasteiger partial charge is 0.220 e. The molecule has 122 valence electrons. The van der Waals surface area contributed by atoms with Crippen molar-refractivity contribution in [1.29, 1.82) is 0 Å². The van der Waals surface area contributed by atoms with Gasteiger partial charge in [-0.25, -0.2) is 0 Å². The third-order valence-electron chi connectivity index (χ3n) is 3.78. The molecule has 0 atom stereocenters. The lowest BCUT2D eigenvalue weighted by molar-refractivity contribution is -0.121. The molecule has 0 fully saturated rings. The molecule has 1 aromatic heterocycles. The number of benzene rings is 1. The number of ether oxygens (including phenoxy) is 1. The Hall–Kier alpha value is -1.88. The van der Waals surface area contributed by atoms with E-state index in [9.17, 15) is 4.79 Å². The highest BCUT2D eigenvalue weighted by molar-refractivity contribution is 9.10. The first-order chi connectivity index (χ1) is 11.0. The molecule has 0 aliphatic heterocycles. The van der Waals surface area contributed by atoms with Crippen LogP contribution < -0.4 is 10.1 Å². The number of hydrogen-bond acceptors (Lipinski definition) is 3. The number of hydrogen-bond donors (Lipinski definition) is 1. The number of carbonyl (C=O) groups is 1. The van der Waals surface area contributed by atoms with Crippen molar-refractivity contribution < 1.29 is 9.53 Å². The number of halogens is 1. The van der Waals surface area contributed by atoms with Gasteiger partial charge in [0.1, 0.15) is 5.75 Å². The van der Waals surface area contributed by atoms with Crippen LogP contribution in [0.5, 0.6) is 5.75 Å². The van der Waals surface area contributed by atoms with Crippen LogP contribution in [0.1, 0.15) is 28.8 Å². The fourth-order valence-electron chi connectivity index (χ4n) is 2.47. The van der Waals surface area contributed by atoms with Gasteiger partial charge in [-0.3, -0.25) is 9.78 Å². The molecular formula is C18H21BrN2O2. The molecule has 0 unspecified atom stereocenters. The number of aryl methyl sites for hydroxylation is 2. The summed E-state index contributed by atoms with van der Waals surface area (Å²) in [4.78, 5) is 16.4. The van der Waals surface area contributed by atoms with Crippen molar-refractivity contribution in [2.45, 2.75) is 33.2 Å². The summed E-state index contributed by atoms with van der Waals surface area (Å²) in [5.74, 6) is 0.846. The molecule has 1 heterocycles. The number of amides is 1. The van der Waals surface area contributed by atoms with Crippen LogP contribution in [0.2, 0.25) is 0 Å². The molecule has 0 saturated carbocycles. The van der Waals surface area contributed by atoms with E-state index in [2.05, 4.69) is 26.2 Å². The second-order valence-electron chi connectivity index (χ2n) is 5.41. The molecule has 0 saturated heterocycles. The van der Waals surface area contributed by atoms with Crippen molar-refractivity contribution in [1.82, 2.24) is 10.3 Å². The number of aromatic nitrogens is 1. The average Bonchev–Trinajstić information content (AvgIpc) is 2.54. The van der Waals surface area contributed by atoms with Crippen LogP contribution in [0.25, 0.3) is 0 Å². The largest absolute Gasteiger partial charge is 0.496 e. The van der Waals surface area contributed by atoms with E-state index >= 15 is 0 Å². The Morgan fingerprint density at radius 1 is 1.30 bits per heavy atom. The van der Waals surface area contributed by atoms with Gasteiger partial charge in [0.25, 0.3) is 0 Å². The molecule has 1 amide bonds. The van der Waals surface area contributed by atoms with Gasteiger partial charge in [0.15, 0.2) is 0 Å². The lowest BCUT2D eigenvalue weighted by Crippen LogP contribution is -2.24. The molecule has 2 rings (SSSR count). The van der Waals surface area contributed by atoms with Gasteiger partial charge in [-0.1, -0.05) is 34.1 Å². The van der Waals surface area contributed by atoms with Gasteiger partial charge >= 0.3 is 0 Å². The van der Waals surface area contributed by atoms with Crippen LogP contribution in [0.3, 0.4) is 0 Å². The van der Waals surface area contributed by atoms with Crippen LogP contribution in [-0.2, 0) is 17.8 Å². The van der Waals surface area contributed by atoms with Crippen molar-refractivity contribution in [3.63, 3.8) is 0 Å². The summed E-state index contributed by atoms with van der Waals surface area (Å²) in [6.45, 7) is 4.33. The first-order valence-corrected chi connectivity index (χ1v) is 8.31. The zero-order valence-electron chi connectivity index (χ0n) is 13.6. The number of rotatable bonds is 6. The van der Waals surface area contributed by atoms with Gasteiger partial charge in [0, 0.05) is 28.2 Å². The zero-order chi connectivity index (χ0) is 16.8. The maximum atomic E-state index is 12.0. The minimum atomic E-state index is 0.0153. The topological polar surface area (TPSA) is 51.2 Å². The normalized spacial score (nSPS) is 10.4. The van der Waals surface area contributed by atoms with Crippen molar-refractivity contribution in [2.24, 2.45) is 0 Å². The standard InChI is InChI=1S/C18H21BrN2O2/c1-12-10-20-16(13(2)18(12)23-3)11-21-17(22)9-8-14-6-4-5-7-15(14)19/h4-7,10H,8-9,11H2,1-3H3,(H,21,22). The van der Waals surface area contributed by atoms with Crippen LogP contribution in [0, 0.1) is 13.8 Å². The Morgan fingerprint density at radius 2 is 2.04 bits per heavy atom. The molecule has 1 aromatic carbocycles. The maximum Gasteiger partial charge on any atom is 0.220 e. The molecule has 4 nitrogen and oxygen atoms in total. The number of carbonyl (C=O) groups excluding carboxylic acids is 1. The predicted molar refractivity (Wildman–Crippen MR) is 94.6 cm³/mol. The predicted octanol–water partition coefficient (Wildman–Crippen LogP) is 3.72. The summed E-state index contributed by atoms with van der Waals surface area (Å²) in [5, 5.41) is 2.93. The van der Waals surface area contributed by atoms with E-state index in [1.165, 1.54) is 0 Å². The van der Waals surface area contributed by atoms with Gasteiger partial charge < -0.3 is 10.1 Å². The summed E-state index contributed by atoms with van der Waals surface area (Å²) in [6.07, 6.45) is 2.93. The summed E-state index contributed by atoms with van der Waals surface area (Å²) >= 11 is 3.50. The SMILES string of the molecule is COc1c(C)cnc(CNC(=O)CCc2ccccc2Br)c1C. The first-order valence-electron chi connectivity index (χ1n) is 7.52. The lowest BCUT2D eigenvalue weighted by Gasteiger charge is -2.13. The number of nitrogens with zero attached hydrogens (tertiary/aromatic N) is 1. The monoisotopic (exact) mass is 376 g/mol. The van der Waals surface area contributed by atoms with E-state index < -0.39 is 0 Å². The minimum Gasteiger partial charge on any atom is -0.496 e. The van der Waals surface area contributed by atoms with Gasteiger partial charge in [-0.15, -0.1) is 0 Å². The third-order valence-corrected chi connectivity index (χ3v) is 4.56. The second-order valence-corrected chi connectivity index (χ2v) is 6.27. The summed E-state index contributed by atoms with van der Waals surface area (Å²) in [5.41, 5.74) is 3.93. The number of methoxy groups -OCH3 is 1. The molecule has 1 N–H and O–H groups in total. The highest BCUT2D eigenvalue weighted by atomic mass is 79.9. The van der Waals surface area contributed by atoms with Crippen molar-refractivity contribution >= 4 is 21.8 Å². The third kappa shape index (κ3) is 4.55. The van der Waals surface area contributed by atoms with Crippen LogP contribution in [0.4, 0.5) is 0 Å². The van der Waals surface area contributed by atoms with Crippen LogP contribution in [0.15, 0.2) is 34.9 Å². The Labute approximate surface area is 145 Å². The molecule has 0 bridgehead atoms. The Balaban J connectivity index is 1.91.